The summed E-state index contributed by atoms with van der Waals surface area (Å²) < 4.78 is 10.7. The van der Waals surface area contributed by atoms with Crippen LogP contribution in [0.1, 0.15) is 99.6 Å². The average Bonchev–Trinajstić information content (AvgIpc) is 3.18. The Labute approximate surface area is 342 Å². The third-order valence-corrected chi connectivity index (χ3v) is 8.48. The summed E-state index contributed by atoms with van der Waals surface area (Å²) in [6, 6.07) is 20.3. The van der Waals surface area contributed by atoms with E-state index < -0.39 is 41.4 Å². The zero-order valence-electron chi connectivity index (χ0n) is 34.4. The number of amides is 3. The number of carbonyl (C=O) groups excluding carboxylic acids is 3. The Kier molecular flexibility index (Phi) is 13.2. The standard InChI is InChI=1S/C22H25N5O3.C22H23N3O4/c1-13(26-21(29)30-22(2,3)4)18-16(14-9-6-7-11-24-14)17(20(28)23-5)19-15(27-18)10-8-12-25-19;1-13(24-21(28)29-22(2,3)4)18-16(14-9-6-5-7-10-14)17(20(26)27)19-15(25-18)11-8-12-23-19/h6-13H,1-5H3,(H,23,28)(H,26,29);5-13H,1-4H3,(H,24,28)(H,26,27). The fraction of sp³-hybridized carbons (Fsp3) is 0.295. The molecule has 15 nitrogen and oxygen atoms in total. The number of hydrogen-bond acceptors (Lipinski definition) is 11. The lowest BCUT2D eigenvalue weighted by atomic mass is 9.94. The first kappa shape index (κ1) is 43.1. The van der Waals surface area contributed by atoms with E-state index in [1.807, 2.05) is 36.4 Å². The van der Waals surface area contributed by atoms with E-state index >= 15 is 0 Å². The van der Waals surface area contributed by atoms with Gasteiger partial charge in [-0.3, -0.25) is 19.7 Å². The molecule has 2 atom stereocenters. The summed E-state index contributed by atoms with van der Waals surface area (Å²) in [5, 5.41) is 18.2. The number of fused-ring (bicyclic) bond motifs is 2. The van der Waals surface area contributed by atoms with Crippen molar-refractivity contribution < 1.29 is 33.8 Å². The number of hydrogen-bond donors (Lipinski definition) is 4. The monoisotopic (exact) mass is 800 g/mol. The molecule has 0 saturated carbocycles. The number of ether oxygens (including phenoxy) is 2. The highest BCUT2D eigenvalue weighted by atomic mass is 16.6. The highest BCUT2D eigenvalue weighted by Gasteiger charge is 2.29. The van der Waals surface area contributed by atoms with E-state index in [9.17, 15) is 24.3 Å². The van der Waals surface area contributed by atoms with E-state index in [1.54, 1.807) is 111 Å². The van der Waals surface area contributed by atoms with E-state index in [1.165, 1.54) is 6.20 Å². The van der Waals surface area contributed by atoms with Crippen LogP contribution in [0.15, 0.2) is 91.4 Å². The molecule has 0 aliphatic rings. The van der Waals surface area contributed by atoms with E-state index in [0.29, 0.717) is 61.4 Å². The molecule has 3 amide bonds. The van der Waals surface area contributed by atoms with Crippen molar-refractivity contribution in [2.24, 2.45) is 0 Å². The van der Waals surface area contributed by atoms with E-state index in [-0.39, 0.29) is 11.5 Å². The third-order valence-electron chi connectivity index (χ3n) is 8.48. The normalized spacial score (nSPS) is 12.4. The minimum Gasteiger partial charge on any atom is -0.478 e. The summed E-state index contributed by atoms with van der Waals surface area (Å²) in [7, 11) is 1.56. The molecule has 5 heterocycles. The molecule has 4 N–H and O–H groups in total. The predicted octanol–water partition coefficient (Wildman–Crippen LogP) is 8.22. The van der Waals surface area contributed by atoms with E-state index in [4.69, 9.17) is 14.5 Å². The van der Waals surface area contributed by atoms with Crippen molar-refractivity contribution in [2.45, 2.75) is 78.7 Å². The molecular formula is C44H48N8O7. The zero-order chi connectivity index (χ0) is 43.1. The van der Waals surface area contributed by atoms with Gasteiger partial charge in [-0.05, 0) is 97.4 Å². The molecule has 1 aromatic carbocycles. The number of pyridine rings is 5. The molecule has 0 spiro atoms. The molecule has 2 unspecified atom stereocenters. The van der Waals surface area contributed by atoms with Gasteiger partial charge in [0.2, 0.25) is 0 Å². The first-order chi connectivity index (χ1) is 27.9. The maximum absolute atomic E-state index is 12.9. The molecule has 15 heteroatoms. The van der Waals surface area contributed by atoms with E-state index in [0.717, 1.165) is 0 Å². The number of alkyl carbamates (subject to hydrolysis) is 2. The maximum Gasteiger partial charge on any atom is 0.408 e. The van der Waals surface area contributed by atoms with Gasteiger partial charge in [-0.2, -0.15) is 0 Å². The number of carboxylic acid groups (broad SMARTS) is 1. The Morgan fingerprint density at radius 3 is 1.54 bits per heavy atom. The quantitative estimate of drug-likeness (QED) is 0.115. The van der Waals surface area contributed by atoms with Crippen molar-refractivity contribution in [3.63, 3.8) is 0 Å². The van der Waals surface area contributed by atoms with Crippen molar-refractivity contribution in [2.75, 3.05) is 7.05 Å². The number of nitrogens with one attached hydrogen (secondary N) is 3. The van der Waals surface area contributed by atoms with Gasteiger partial charge in [0.05, 0.1) is 51.3 Å². The van der Waals surface area contributed by atoms with Crippen LogP contribution >= 0.6 is 0 Å². The minimum atomic E-state index is -1.11. The number of aromatic nitrogens is 5. The number of benzene rings is 1. The lowest BCUT2D eigenvalue weighted by molar-refractivity contribution is 0.0495. The van der Waals surface area contributed by atoms with Gasteiger partial charge in [-0.1, -0.05) is 36.4 Å². The molecule has 0 saturated heterocycles. The van der Waals surface area contributed by atoms with Gasteiger partial charge in [0, 0.05) is 36.8 Å². The molecule has 0 fully saturated rings. The van der Waals surface area contributed by atoms with Gasteiger partial charge >= 0.3 is 18.2 Å². The molecule has 6 aromatic rings. The summed E-state index contributed by atoms with van der Waals surface area (Å²) in [6.07, 6.45) is 3.61. The minimum absolute atomic E-state index is 0.0506. The van der Waals surface area contributed by atoms with Crippen LogP contribution in [-0.4, -0.2) is 72.3 Å². The number of carboxylic acids is 1. The van der Waals surface area contributed by atoms with Crippen LogP contribution in [0.2, 0.25) is 0 Å². The molecular weight excluding hydrogens is 753 g/mol. The molecule has 0 bridgehead atoms. The number of rotatable bonds is 8. The Morgan fingerprint density at radius 1 is 0.610 bits per heavy atom. The van der Waals surface area contributed by atoms with Crippen LogP contribution in [0.25, 0.3) is 44.5 Å². The second kappa shape index (κ2) is 18.1. The SMILES string of the molecule is CC(NC(=O)OC(C)(C)C)c1nc2cccnc2c(C(=O)O)c1-c1ccccc1.CNC(=O)c1c(-c2ccccn2)c(C(C)NC(=O)OC(C)(C)C)nc2cccnc12. The first-order valence-corrected chi connectivity index (χ1v) is 18.9. The van der Waals surface area contributed by atoms with Gasteiger partial charge < -0.3 is 30.5 Å². The topological polar surface area (TPSA) is 208 Å². The smallest absolute Gasteiger partial charge is 0.408 e. The highest BCUT2D eigenvalue weighted by molar-refractivity contribution is 6.10. The Hall–Kier alpha value is -7.03. The van der Waals surface area contributed by atoms with Gasteiger partial charge in [0.25, 0.3) is 5.91 Å². The summed E-state index contributed by atoms with van der Waals surface area (Å²) >= 11 is 0. The van der Waals surface area contributed by atoms with Gasteiger partial charge in [0.1, 0.15) is 22.2 Å². The molecule has 0 aliphatic heterocycles. The summed E-state index contributed by atoms with van der Waals surface area (Å²) in [4.78, 5) is 72.2. The van der Waals surface area contributed by atoms with Crippen LogP contribution in [0, 0.1) is 0 Å². The molecule has 5 aromatic heterocycles. The van der Waals surface area contributed by atoms with Gasteiger partial charge in [0.15, 0.2) is 0 Å². The molecule has 306 valence electrons. The second-order valence-corrected chi connectivity index (χ2v) is 15.4. The van der Waals surface area contributed by atoms with Crippen LogP contribution in [0.3, 0.4) is 0 Å². The van der Waals surface area contributed by atoms with Gasteiger partial charge in [-0.15, -0.1) is 0 Å². The predicted molar refractivity (Wildman–Crippen MR) is 224 cm³/mol. The van der Waals surface area contributed by atoms with E-state index in [2.05, 4.69) is 35.9 Å². The number of aromatic carboxylic acids is 1. The lowest BCUT2D eigenvalue weighted by Crippen LogP contribution is -2.34. The average molecular weight is 801 g/mol. The Bertz CT molecular complexity index is 2480. The molecule has 59 heavy (non-hydrogen) atoms. The Morgan fingerprint density at radius 2 is 1.08 bits per heavy atom. The second-order valence-electron chi connectivity index (χ2n) is 15.4. The summed E-state index contributed by atoms with van der Waals surface area (Å²) in [6.45, 7) is 14.2. The molecule has 0 aliphatic carbocycles. The highest BCUT2D eigenvalue weighted by Crippen LogP contribution is 2.35. The van der Waals surface area contributed by atoms with Crippen molar-refractivity contribution in [1.29, 1.82) is 0 Å². The van der Waals surface area contributed by atoms with Crippen LogP contribution in [0.4, 0.5) is 9.59 Å². The number of nitrogens with zero attached hydrogens (tertiary/aromatic N) is 5. The largest absolute Gasteiger partial charge is 0.478 e. The summed E-state index contributed by atoms with van der Waals surface area (Å²) in [5.74, 6) is -1.42. The van der Waals surface area contributed by atoms with Crippen molar-refractivity contribution in [3.05, 3.63) is 114 Å². The van der Waals surface area contributed by atoms with Crippen LogP contribution in [0.5, 0.6) is 0 Å². The maximum atomic E-state index is 12.9. The Balaban J connectivity index is 0.000000224. The van der Waals surface area contributed by atoms with Crippen LogP contribution in [-0.2, 0) is 9.47 Å². The lowest BCUT2D eigenvalue weighted by Gasteiger charge is -2.23. The third kappa shape index (κ3) is 10.7. The molecule has 0 radical (unpaired) electrons. The zero-order valence-corrected chi connectivity index (χ0v) is 34.4. The fourth-order valence-corrected chi connectivity index (χ4v) is 6.18. The fourth-order valence-electron chi connectivity index (χ4n) is 6.18. The number of carbonyl (C=O) groups is 4. The summed E-state index contributed by atoms with van der Waals surface area (Å²) in [5.41, 5.74) is 3.97. The first-order valence-electron chi connectivity index (χ1n) is 18.9. The van der Waals surface area contributed by atoms with Crippen LogP contribution < -0.4 is 16.0 Å². The molecule has 6 rings (SSSR count). The van der Waals surface area contributed by atoms with Crippen molar-refractivity contribution >= 4 is 46.1 Å². The van der Waals surface area contributed by atoms with Crippen molar-refractivity contribution in [3.8, 4) is 22.4 Å². The van der Waals surface area contributed by atoms with Crippen molar-refractivity contribution in [1.82, 2.24) is 40.9 Å². The van der Waals surface area contributed by atoms with Gasteiger partial charge in [-0.25, -0.2) is 24.4 Å².